The molecule has 23 heavy (non-hydrogen) atoms. The summed E-state index contributed by atoms with van der Waals surface area (Å²) < 4.78 is 29.5. The van der Waals surface area contributed by atoms with E-state index >= 15 is 0 Å². The minimum Gasteiger partial charge on any atom is -0.355 e. The van der Waals surface area contributed by atoms with Gasteiger partial charge in [0, 0.05) is 18.7 Å². The maximum Gasteiger partial charge on any atom is 0.284 e. The zero-order chi connectivity index (χ0) is 16.1. The zero-order valence-electron chi connectivity index (χ0n) is 12.9. The molecular formula is C18H20N2O2S. The van der Waals surface area contributed by atoms with Crippen LogP contribution in [0.25, 0.3) is 0 Å². The molecule has 5 heteroatoms. The Morgan fingerprint density at radius 2 is 1.39 bits per heavy atom. The number of hydrogen-bond donors (Lipinski definition) is 0. The van der Waals surface area contributed by atoms with E-state index < -0.39 is 10.0 Å². The molecule has 1 saturated heterocycles. The van der Waals surface area contributed by atoms with Crippen molar-refractivity contribution < 1.29 is 8.42 Å². The molecular weight excluding hydrogens is 308 g/mol. The van der Waals surface area contributed by atoms with Crippen LogP contribution in [-0.4, -0.2) is 32.2 Å². The summed E-state index contributed by atoms with van der Waals surface area (Å²) in [5.74, 6) is 0.550. The van der Waals surface area contributed by atoms with Crippen LogP contribution in [0, 0.1) is 0 Å². The summed E-state index contributed by atoms with van der Waals surface area (Å²) in [5.41, 5.74) is 0.842. The van der Waals surface area contributed by atoms with Crippen LogP contribution in [0.1, 0.15) is 24.8 Å². The van der Waals surface area contributed by atoms with E-state index in [1.54, 1.807) is 30.3 Å². The van der Waals surface area contributed by atoms with Crippen LogP contribution in [0.3, 0.4) is 0 Å². The van der Waals surface area contributed by atoms with Crippen LogP contribution < -0.4 is 0 Å². The SMILES string of the molecule is O=S(=O)(/N=C(\c1ccccc1)N1CCCCC1)c1ccccc1. The van der Waals surface area contributed by atoms with E-state index in [2.05, 4.69) is 9.30 Å². The Morgan fingerprint density at radius 3 is 2.00 bits per heavy atom. The van der Waals surface area contributed by atoms with E-state index in [9.17, 15) is 8.42 Å². The van der Waals surface area contributed by atoms with Gasteiger partial charge in [0.05, 0.1) is 4.90 Å². The number of benzene rings is 2. The molecule has 2 aromatic carbocycles. The van der Waals surface area contributed by atoms with Gasteiger partial charge in [-0.15, -0.1) is 4.40 Å². The van der Waals surface area contributed by atoms with Gasteiger partial charge in [-0.05, 0) is 31.4 Å². The molecule has 3 rings (SSSR count). The van der Waals surface area contributed by atoms with Crippen molar-refractivity contribution in [2.75, 3.05) is 13.1 Å². The first-order chi connectivity index (χ1) is 11.2. The molecule has 0 aromatic heterocycles. The second kappa shape index (κ2) is 6.96. The minimum atomic E-state index is -3.71. The number of sulfonamides is 1. The minimum absolute atomic E-state index is 0.227. The molecule has 0 spiro atoms. The highest BCUT2D eigenvalue weighted by Crippen LogP contribution is 2.18. The lowest BCUT2D eigenvalue weighted by atomic mass is 10.1. The number of piperidine rings is 1. The molecule has 2 aromatic rings. The number of likely N-dealkylation sites (tertiary alicyclic amines) is 1. The molecule has 0 saturated carbocycles. The van der Waals surface area contributed by atoms with Gasteiger partial charge in [0.15, 0.2) is 0 Å². The normalized spacial score (nSPS) is 16.3. The fourth-order valence-electron chi connectivity index (χ4n) is 2.74. The smallest absolute Gasteiger partial charge is 0.284 e. The second-order valence-electron chi connectivity index (χ2n) is 5.62. The molecule has 120 valence electrons. The van der Waals surface area contributed by atoms with Gasteiger partial charge >= 0.3 is 0 Å². The molecule has 1 aliphatic rings. The monoisotopic (exact) mass is 328 g/mol. The molecule has 0 aliphatic carbocycles. The topological polar surface area (TPSA) is 49.7 Å². The first-order valence-corrected chi connectivity index (χ1v) is 9.31. The van der Waals surface area contributed by atoms with Crippen molar-refractivity contribution in [3.05, 3.63) is 66.2 Å². The fourth-order valence-corrected chi connectivity index (χ4v) is 3.80. The van der Waals surface area contributed by atoms with E-state index in [0.717, 1.165) is 31.5 Å². The standard InChI is InChI=1S/C18H20N2O2S/c21-23(22,17-12-6-2-7-13-17)19-18(16-10-4-1-5-11-16)20-14-8-3-9-15-20/h1-2,4-7,10-13H,3,8-9,14-15H2/b19-18+. The van der Waals surface area contributed by atoms with Crippen molar-refractivity contribution in [3.8, 4) is 0 Å². The van der Waals surface area contributed by atoms with Gasteiger partial charge in [0.2, 0.25) is 0 Å². The third-order valence-electron chi connectivity index (χ3n) is 3.94. The predicted octanol–water partition coefficient (Wildman–Crippen LogP) is 3.31. The Labute approximate surface area is 137 Å². The number of rotatable bonds is 3. The molecule has 1 heterocycles. The van der Waals surface area contributed by atoms with Gasteiger partial charge in [-0.3, -0.25) is 0 Å². The van der Waals surface area contributed by atoms with Crippen molar-refractivity contribution in [2.24, 2.45) is 4.40 Å². The molecule has 0 bridgehead atoms. The molecule has 4 nitrogen and oxygen atoms in total. The molecule has 0 N–H and O–H groups in total. The average molecular weight is 328 g/mol. The Morgan fingerprint density at radius 1 is 0.826 bits per heavy atom. The molecule has 1 aliphatic heterocycles. The number of hydrogen-bond acceptors (Lipinski definition) is 2. The Bertz CT molecular complexity index is 765. The number of amidine groups is 1. The maximum atomic E-state index is 12.6. The highest BCUT2D eigenvalue weighted by molar-refractivity contribution is 7.90. The summed E-state index contributed by atoms with van der Waals surface area (Å²) in [7, 11) is -3.71. The summed E-state index contributed by atoms with van der Waals surface area (Å²) in [6.07, 6.45) is 3.32. The van der Waals surface area contributed by atoms with E-state index in [1.807, 2.05) is 30.3 Å². The first-order valence-electron chi connectivity index (χ1n) is 7.87. The second-order valence-corrected chi connectivity index (χ2v) is 7.22. The molecule has 0 atom stereocenters. The summed E-state index contributed by atoms with van der Waals surface area (Å²) in [6, 6.07) is 17.9. The van der Waals surface area contributed by atoms with Gasteiger partial charge in [0.1, 0.15) is 5.84 Å². The number of nitrogens with zero attached hydrogens (tertiary/aromatic N) is 2. The summed E-state index contributed by atoms with van der Waals surface area (Å²) in [6.45, 7) is 1.69. The van der Waals surface area contributed by atoms with Crippen molar-refractivity contribution in [3.63, 3.8) is 0 Å². The van der Waals surface area contributed by atoms with Gasteiger partial charge in [0.25, 0.3) is 10.0 Å². The summed E-state index contributed by atoms with van der Waals surface area (Å²) in [5, 5.41) is 0. The van der Waals surface area contributed by atoms with Crippen LogP contribution in [0.15, 0.2) is 70.0 Å². The third-order valence-corrected chi connectivity index (χ3v) is 5.22. The Balaban J connectivity index is 2.04. The molecule has 1 fully saturated rings. The van der Waals surface area contributed by atoms with Crippen LogP contribution in [0.5, 0.6) is 0 Å². The summed E-state index contributed by atoms with van der Waals surface area (Å²) >= 11 is 0. The molecule has 0 unspecified atom stereocenters. The highest BCUT2D eigenvalue weighted by Gasteiger charge is 2.21. The lowest BCUT2D eigenvalue weighted by Crippen LogP contribution is -2.36. The average Bonchev–Trinajstić information content (AvgIpc) is 2.62. The van der Waals surface area contributed by atoms with Crippen molar-refractivity contribution in [1.29, 1.82) is 0 Å². The van der Waals surface area contributed by atoms with Crippen LogP contribution in [-0.2, 0) is 10.0 Å². The van der Waals surface area contributed by atoms with Crippen molar-refractivity contribution in [1.82, 2.24) is 4.90 Å². The van der Waals surface area contributed by atoms with E-state index in [1.165, 1.54) is 6.42 Å². The summed E-state index contributed by atoms with van der Waals surface area (Å²) in [4.78, 5) is 2.31. The van der Waals surface area contributed by atoms with E-state index in [4.69, 9.17) is 0 Å². The van der Waals surface area contributed by atoms with Gasteiger partial charge < -0.3 is 4.90 Å². The lowest BCUT2D eigenvalue weighted by Gasteiger charge is -2.29. The predicted molar refractivity (Wildman–Crippen MR) is 92.0 cm³/mol. The zero-order valence-corrected chi connectivity index (χ0v) is 13.7. The highest BCUT2D eigenvalue weighted by atomic mass is 32.2. The molecule has 0 radical (unpaired) electrons. The van der Waals surface area contributed by atoms with E-state index in [0.29, 0.717) is 5.84 Å². The quantitative estimate of drug-likeness (QED) is 0.641. The van der Waals surface area contributed by atoms with Crippen molar-refractivity contribution in [2.45, 2.75) is 24.2 Å². The Kier molecular flexibility index (Phi) is 4.76. The fraction of sp³-hybridized carbons (Fsp3) is 0.278. The van der Waals surface area contributed by atoms with Gasteiger partial charge in [-0.25, -0.2) is 0 Å². The lowest BCUT2D eigenvalue weighted by molar-refractivity contribution is 0.343. The van der Waals surface area contributed by atoms with Crippen molar-refractivity contribution >= 4 is 15.9 Å². The van der Waals surface area contributed by atoms with Crippen LogP contribution >= 0.6 is 0 Å². The Hall–Kier alpha value is -2.14. The van der Waals surface area contributed by atoms with Gasteiger partial charge in [-0.2, -0.15) is 8.42 Å². The molecule has 0 amide bonds. The first kappa shape index (κ1) is 15.7. The van der Waals surface area contributed by atoms with Crippen LogP contribution in [0.4, 0.5) is 0 Å². The van der Waals surface area contributed by atoms with Crippen LogP contribution in [0.2, 0.25) is 0 Å². The largest absolute Gasteiger partial charge is 0.355 e. The van der Waals surface area contributed by atoms with E-state index in [-0.39, 0.29) is 4.90 Å². The maximum absolute atomic E-state index is 12.6. The third kappa shape index (κ3) is 3.79. The van der Waals surface area contributed by atoms with Gasteiger partial charge in [-0.1, -0.05) is 48.5 Å².